The minimum absolute atomic E-state index is 0.558. The van der Waals surface area contributed by atoms with Gasteiger partial charge in [-0.25, -0.2) is 8.78 Å². The Morgan fingerprint density at radius 1 is 1.42 bits per heavy atom. The maximum atomic E-state index is 13.3. The second kappa shape index (κ2) is 5.51. The lowest BCUT2D eigenvalue weighted by molar-refractivity contribution is -0.228. The number of nitrogens with one attached hydrogen (secondary N) is 1. The molecule has 8 heteroatoms. The molecule has 0 aliphatic carbocycles. The van der Waals surface area contributed by atoms with Crippen molar-refractivity contribution in [3.63, 3.8) is 0 Å². The summed E-state index contributed by atoms with van der Waals surface area (Å²) in [4.78, 5) is 4.22. The lowest BCUT2D eigenvalue weighted by Crippen LogP contribution is -2.62. The molecule has 2 fully saturated rings. The van der Waals surface area contributed by atoms with Gasteiger partial charge >= 0.3 is 0 Å². The minimum atomic E-state index is -3.21. The van der Waals surface area contributed by atoms with Crippen LogP contribution in [0, 0.1) is 0 Å². The van der Waals surface area contributed by atoms with Gasteiger partial charge in [-0.3, -0.25) is 4.99 Å². The average Bonchev–Trinajstić information content (AvgIpc) is 2.73. The monoisotopic (exact) mass is 296 g/mol. The van der Waals surface area contributed by atoms with Gasteiger partial charge in [0.1, 0.15) is 17.6 Å². The topological polar surface area (TPSA) is 74.1 Å². The van der Waals surface area contributed by atoms with E-state index in [0.717, 1.165) is 6.42 Å². The van der Waals surface area contributed by atoms with Crippen molar-refractivity contribution >= 4 is 16.9 Å². The van der Waals surface area contributed by atoms with E-state index in [-0.39, 0.29) is 0 Å². The predicted octanol–water partition coefficient (Wildman–Crippen LogP) is 0.559. The molecule has 5 atom stereocenters. The first-order chi connectivity index (χ1) is 8.84. The van der Waals surface area contributed by atoms with Gasteiger partial charge in [0, 0.05) is 13.5 Å². The zero-order chi connectivity index (χ0) is 14.2. The summed E-state index contributed by atoms with van der Waals surface area (Å²) in [6, 6.07) is -0.616. The van der Waals surface area contributed by atoms with E-state index >= 15 is 0 Å². The van der Waals surface area contributed by atoms with Crippen molar-refractivity contribution in [2.45, 2.75) is 56.0 Å². The van der Waals surface area contributed by atoms with Crippen molar-refractivity contribution in [2.24, 2.45) is 4.99 Å². The normalized spacial score (nSPS) is 41.2. The second-order valence-corrected chi connectivity index (χ2v) is 5.92. The largest absolute Gasteiger partial charge is 0.388 e. The highest BCUT2D eigenvalue weighted by Crippen LogP contribution is 2.38. The summed E-state index contributed by atoms with van der Waals surface area (Å²) in [6.07, 6.45) is -3.78. The Morgan fingerprint density at radius 3 is 2.68 bits per heavy atom. The van der Waals surface area contributed by atoms with Crippen LogP contribution in [0.3, 0.4) is 0 Å². The number of nitrogens with zero attached hydrogens (tertiary/aromatic N) is 1. The number of hydrogen-bond donors (Lipinski definition) is 3. The predicted molar refractivity (Wildman–Crippen MR) is 68.4 cm³/mol. The molecule has 2 heterocycles. The molecule has 2 aliphatic heterocycles. The third kappa shape index (κ3) is 3.01. The quantitative estimate of drug-likeness (QED) is 0.709. The smallest absolute Gasteiger partial charge is 0.273 e. The summed E-state index contributed by atoms with van der Waals surface area (Å²) >= 11 is 1.17. The van der Waals surface area contributed by atoms with Gasteiger partial charge in [0.15, 0.2) is 11.3 Å². The molecule has 0 aromatic rings. The van der Waals surface area contributed by atoms with E-state index in [0.29, 0.717) is 18.6 Å². The van der Waals surface area contributed by atoms with E-state index in [4.69, 9.17) is 4.74 Å². The van der Waals surface area contributed by atoms with Gasteiger partial charge in [0.25, 0.3) is 5.92 Å². The molecule has 0 radical (unpaired) electrons. The number of amidine groups is 1. The van der Waals surface area contributed by atoms with E-state index < -0.39 is 35.7 Å². The number of aliphatic hydroxyl groups is 2. The van der Waals surface area contributed by atoms with Gasteiger partial charge in [-0.15, -0.1) is 0 Å². The van der Waals surface area contributed by atoms with E-state index in [1.807, 2.05) is 6.92 Å². The number of halogens is 2. The molecule has 110 valence electrons. The number of rotatable bonds is 3. The fraction of sp³-hybridized carbons (Fsp3) is 0.909. The molecule has 5 unspecified atom stereocenters. The first kappa shape index (κ1) is 15.0. The Balaban J connectivity index is 2.12. The summed E-state index contributed by atoms with van der Waals surface area (Å²) in [7, 11) is 0. The molecule has 5 nitrogen and oxygen atoms in total. The molecule has 0 saturated carbocycles. The van der Waals surface area contributed by atoms with E-state index in [1.54, 1.807) is 0 Å². The van der Waals surface area contributed by atoms with Crippen LogP contribution in [0.25, 0.3) is 0 Å². The molecule has 2 rings (SSSR count). The number of ether oxygens (including phenoxy) is 1. The van der Waals surface area contributed by atoms with Gasteiger partial charge in [-0.1, -0.05) is 18.7 Å². The highest BCUT2D eigenvalue weighted by molar-refractivity contribution is 8.14. The Kier molecular flexibility index (Phi) is 4.34. The Morgan fingerprint density at radius 2 is 2.11 bits per heavy atom. The molecule has 2 saturated heterocycles. The SMILES string of the molecule is CCCN=C1NC2C(OC(C(C)(F)F)C(O)C2O)S1. The minimum Gasteiger partial charge on any atom is -0.388 e. The zero-order valence-electron chi connectivity index (χ0n) is 10.7. The fourth-order valence-electron chi connectivity index (χ4n) is 2.12. The number of fused-ring (bicyclic) bond motifs is 1. The summed E-state index contributed by atoms with van der Waals surface area (Å²) in [5, 5.41) is 23.1. The van der Waals surface area contributed by atoms with Crippen LogP contribution in [0.2, 0.25) is 0 Å². The van der Waals surface area contributed by atoms with Crippen molar-refractivity contribution in [2.75, 3.05) is 6.54 Å². The number of hydrogen-bond acceptors (Lipinski definition) is 5. The van der Waals surface area contributed by atoms with Crippen LogP contribution in [0.5, 0.6) is 0 Å². The lowest BCUT2D eigenvalue weighted by Gasteiger charge is -2.40. The molecular formula is C11H18F2N2O3S. The molecule has 19 heavy (non-hydrogen) atoms. The first-order valence-electron chi connectivity index (χ1n) is 6.21. The Labute approximate surface area is 114 Å². The molecular weight excluding hydrogens is 278 g/mol. The molecule has 0 spiro atoms. The van der Waals surface area contributed by atoms with E-state index in [9.17, 15) is 19.0 Å². The van der Waals surface area contributed by atoms with Crippen LogP contribution in [0.15, 0.2) is 4.99 Å². The second-order valence-electron chi connectivity index (χ2n) is 4.84. The first-order valence-corrected chi connectivity index (χ1v) is 7.09. The third-order valence-electron chi connectivity index (χ3n) is 3.10. The third-order valence-corrected chi connectivity index (χ3v) is 4.21. The van der Waals surface area contributed by atoms with Gasteiger partial charge in [-0.2, -0.15) is 0 Å². The van der Waals surface area contributed by atoms with Crippen molar-refractivity contribution in [3.05, 3.63) is 0 Å². The van der Waals surface area contributed by atoms with Crippen molar-refractivity contribution < 1.29 is 23.7 Å². The highest BCUT2D eigenvalue weighted by atomic mass is 32.2. The number of aliphatic imine (C=N–C) groups is 1. The standard InChI is InChI=1S/C11H18F2N2O3S/c1-3-4-14-10-15-5-6(16)7(17)8(11(2,12)13)18-9(5)19-10/h5-9,16-17H,3-4H2,1-2H3,(H,14,15). The molecule has 2 aliphatic rings. The maximum absolute atomic E-state index is 13.3. The van der Waals surface area contributed by atoms with Crippen LogP contribution in [0.1, 0.15) is 20.3 Å². The molecule has 0 aromatic heterocycles. The average molecular weight is 296 g/mol. The maximum Gasteiger partial charge on any atom is 0.273 e. The molecule has 0 bridgehead atoms. The summed E-state index contributed by atoms with van der Waals surface area (Å²) < 4.78 is 31.9. The van der Waals surface area contributed by atoms with Crippen LogP contribution in [0.4, 0.5) is 8.78 Å². The van der Waals surface area contributed by atoms with Crippen molar-refractivity contribution in [1.82, 2.24) is 5.32 Å². The van der Waals surface area contributed by atoms with E-state index in [2.05, 4.69) is 10.3 Å². The summed E-state index contributed by atoms with van der Waals surface area (Å²) in [6.45, 7) is 3.26. The van der Waals surface area contributed by atoms with Crippen LogP contribution in [-0.2, 0) is 4.74 Å². The Bertz CT molecular complexity index is 364. The lowest BCUT2D eigenvalue weighted by atomic mass is 9.95. The van der Waals surface area contributed by atoms with Crippen molar-refractivity contribution in [1.29, 1.82) is 0 Å². The number of alkyl halides is 2. The number of aliphatic hydroxyl groups excluding tert-OH is 2. The van der Waals surface area contributed by atoms with Crippen molar-refractivity contribution in [3.8, 4) is 0 Å². The van der Waals surface area contributed by atoms with Gasteiger partial charge in [0.05, 0.1) is 6.04 Å². The summed E-state index contributed by atoms with van der Waals surface area (Å²) in [5.41, 5.74) is -0.662. The van der Waals surface area contributed by atoms with E-state index in [1.165, 1.54) is 11.8 Å². The molecule has 0 aromatic carbocycles. The molecule has 3 N–H and O–H groups in total. The van der Waals surface area contributed by atoms with Crippen LogP contribution >= 0.6 is 11.8 Å². The van der Waals surface area contributed by atoms with Gasteiger partial charge < -0.3 is 20.3 Å². The van der Waals surface area contributed by atoms with Crippen LogP contribution < -0.4 is 5.32 Å². The number of thioether (sulfide) groups is 1. The van der Waals surface area contributed by atoms with Gasteiger partial charge in [-0.05, 0) is 6.42 Å². The van der Waals surface area contributed by atoms with Gasteiger partial charge in [0.2, 0.25) is 0 Å². The van der Waals surface area contributed by atoms with Crippen LogP contribution in [-0.4, -0.2) is 57.6 Å². The Hall–Kier alpha value is -0.440. The zero-order valence-corrected chi connectivity index (χ0v) is 11.5. The fourth-order valence-corrected chi connectivity index (χ4v) is 3.26. The molecule has 0 amide bonds. The highest BCUT2D eigenvalue weighted by Gasteiger charge is 2.55. The summed E-state index contributed by atoms with van der Waals surface area (Å²) in [5.74, 6) is -3.21.